The number of aliphatic carboxylic acids is 1. The third kappa shape index (κ3) is 8.53. The fourth-order valence-corrected chi connectivity index (χ4v) is 3.04. The molecule has 13 heteroatoms. The van der Waals surface area contributed by atoms with Crippen LogP contribution >= 0.6 is 0 Å². The normalized spacial score (nSPS) is 13.1. The fraction of sp³-hybridized carbons (Fsp3) is 0.522. The van der Waals surface area contributed by atoms with E-state index in [9.17, 15) is 19.5 Å². The molecule has 0 fully saturated rings. The van der Waals surface area contributed by atoms with Crippen LogP contribution in [0.1, 0.15) is 58.9 Å². The minimum Gasteiger partial charge on any atom is -0.491 e. The summed E-state index contributed by atoms with van der Waals surface area (Å²) in [6.45, 7) is 15.2. The molecule has 1 heterocycles. The van der Waals surface area contributed by atoms with Gasteiger partial charge in [0.2, 0.25) is 12.5 Å². The molecular formula is C23H31N7O6. The molecule has 0 bridgehead atoms. The first kappa shape index (κ1) is 28.0. The van der Waals surface area contributed by atoms with Crippen molar-refractivity contribution in [2.75, 3.05) is 13.2 Å². The Kier molecular flexibility index (Phi) is 9.32. The van der Waals surface area contributed by atoms with Crippen LogP contribution in [0.3, 0.4) is 0 Å². The Balaban J connectivity index is 2.24. The Morgan fingerprint density at radius 3 is 2.42 bits per heavy atom. The predicted octanol–water partition coefficient (Wildman–Crippen LogP) is 2.15. The van der Waals surface area contributed by atoms with Crippen molar-refractivity contribution in [1.29, 1.82) is 0 Å². The lowest BCUT2D eigenvalue weighted by molar-refractivity contribution is -0.138. The number of nitrogens with one attached hydrogen (secondary N) is 2. The van der Waals surface area contributed by atoms with Crippen LogP contribution in [0.2, 0.25) is 0 Å². The number of carboxylic acids is 1. The lowest BCUT2D eigenvalue weighted by Gasteiger charge is -2.29. The molecule has 0 radical (unpaired) electrons. The molecule has 2 amide bonds. The van der Waals surface area contributed by atoms with E-state index in [0.29, 0.717) is 5.75 Å². The molecule has 0 saturated heterocycles. The SMILES string of the molecule is [C-]#[N+]CC(COc1ccccc1)n1nnnc1[C@@H](CC(=O)O)NC(=O)C(C)(C)NC(=O)OC(C)(C)C. The summed E-state index contributed by atoms with van der Waals surface area (Å²) >= 11 is 0. The minimum atomic E-state index is -1.45. The number of hydrogen-bond acceptors (Lipinski definition) is 8. The van der Waals surface area contributed by atoms with E-state index < -0.39 is 47.6 Å². The molecule has 2 rings (SSSR count). The summed E-state index contributed by atoms with van der Waals surface area (Å²) in [6.07, 6.45) is -1.35. The second-order valence-corrected chi connectivity index (χ2v) is 9.48. The number of para-hydroxylation sites is 1. The molecule has 2 aromatic rings. The Morgan fingerprint density at radius 1 is 1.17 bits per heavy atom. The number of rotatable bonds is 11. The van der Waals surface area contributed by atoms with Crippen molar-refractivity contribution in [3.05, 3.63) is 47.6 Å². The number of benzene rings is 1. The van der Waals surface area contributed by atoms with Gasteiger partial charge in [0.15, 0.2) is 11.9 Å². The molecule has 13 nitrogen and oxygen atoms in total. The zero-order valence-corrected chi connectivity index (χ0v) is 20.9. The van der Waals surface area contributed by atoms with Crippen molar-refractivity contribution in [3.8, 4) is 5.75 Å². The van der Waals surface area contributed by atoms with Gasteiger partial charge in [-0.15, -0.1) is 5.10 Å². The van der Waals surface area contributed by atoms with E-state index in [1.54, 1.807) is 45.0 Å². The van der Waals surface area contributed by atoms with Gasteiger partial charge in [0.05, 0.1) is 6.42 Å². The van der Waals surface area contributed by atoms with Crippen molar-refractivity contribution in [2.24, 2.45) is 0 Å². The van der Waals surface area contributed by atoms with Crippen LogP contribution < -0.4 is 15.4 Å². The van der Waals surface area contributed by atoms with Gasteiger partial charge >= 0.3 is 12.1 Å². The summed E-state index contributed by atoms with van der Waals surface area (Å²) in [5.74, 6) is -1.29. The summed E-state index contributed by atoms with van der Waals surface area (Å²) in [4.78, 5) is 40.2. The van der Waals surface area contributed by atoms with Crippen LogP contribution in [0.25, 0.3) is 4.85 Å². The summed E-state index contributed by atoms with van der Waals surface area (Å²) in [5, 5.41) is 26.0. The molecule has 0 saturated carbocycles. The van der Waals surface area contributed by atoms with Gasteiger partial charge < -0.3 is 30.1 Å². The maximum absolute atomic E-state index is 13.0. The second kappa shape index (κ2) is 12.0. The van der Waals surface area contributed by atoms with Gasteiger partial charge in [0.1, 0.15) is 29.5 Å². The Bertz CT molecular complexity index is 1090. The molecule has 36 heavy (non-hydrogen) atoms. The monoisotopic (exact) mass is 501 g/mol. The Labute approximate surface area is 209 Å². The average molecular weight is 502 g/mol. The highest BCUT2D eigenvalue weighted by molar-refractivity contribution is 5.89. The van der Waals surface area contributed by atoms with Crippen molar-refractivity contribution >= 4 is 18.0 Å². The van der Waals surface area contributed by atoms with Crippen molar-refractivity contribution < 1.29 is 29.0 Å². The summed E-state index contributed by atoms with van der Waals surface area (Å²) < 4.78 is 12.2. The second-order valence-electron chi connectivity index (χ2n) is 9.48. The Hall–Kier alpha value is -4.21. The number of amides is 2. The molecule has 1 aromatic heterocycles. The largest absolute Gasteiger partial charge is 0.491 e. The lowest BCUT2D eigenvalue weighted by Crippen LogP contribution is -2.56. The summed E-state index contributed by atoms with van der Waals surface area (Å²) in [5.41, 5.74) is -2.23. The molecule has 3 N–H and O–H groups in total. The average Bonchev–Trinajstić information content (AvgIpc) is 3.24. The van der Waals surface area contributed by atoms with Crippen molar-refractivity contribution in [3.63, 3.8) is 0 Å². The zero-order chi connectivity index (χ0) is 26.9. The molecule has 2 atom stereocenters. The number of tetrazole rings is 1. The van der Waals surface area contributed by atoms with Gasteiger partial charge in [-0.3, -0.25) is 9.59 Å². The minimum absolute atomic E-state index is 0.0316. The maximum Gasteiger partial charge on any atom is 0.408 e. The quantitative estimate of drug-likeness (QED) is 0.392. The topological polar surface area (TPSA) is 162 Å². The summed E-state index contributed by atoms with van der Waals surface area (Å²) in [7, 11) is 0. The van der Waals surface area contributed by atoms with Crippen LogP contribution in [0.4, 0.5) is 4.79 Å². The van der Waals surface area contributed by atoms with Crippen LogP contribution in [0.5, 0.6) is 5.75 Å². The number of carbonyl (C=O) groups is 3. The first-order valence-corrected chi connectivity index (χ1v) is 11.1. The van der Waals surface area contributed by atoms with Gasteiger partial charge in [0, 0.05) is 0 Å². The molecule has 0 aliphatic carbocycles. The van der Waals surface area contributed by atoms with Gasteiger partial charge in [-0.1, -0.05) is 18.2 Å². The van der Waals surface area contributed by atoms with Crippen LogP contribution in [-0.4, -0.2) is 67.6 Å². The maximum atomic E-state index is 13.0. The van der Waals surface area contributed by atoms with E-state index in [2.05, 4.69) is 31.0 Å². The number of nitrogens with zero attached hydrogens (tertiary/aromatic N) is 5. The van der Waals surface area contributed by atoms with E-state index in [1.807, 2.05) is 6.07 Å². The third-order valence-electron chi connectivity index (χ3n) is 4.73. The zero-order valence-electron chi connectivity index (χ0n) is 20.9. The number of hydrogen-bond donors (Lipinski definition) is 3. The molecule has 194 valence electrons. The third-order valence-corrected chi connectivity index (χ3v) is 4.73. The van der Waals surface area contributed by atoms with Crippen molar-refractivity contribution in [1.82, 2.24) is 30.8 Å². The fourth-order valence-electron chi connectivity index (χ4n) is 3.04. The smallest absolute Gasteiger partial charge is 0.408 e. The van der Waals surface area contributed by atoms with E-state index in [0.717, 1.165) is 0 Å². The number of ether oxygens (including phenoxy) is 2. The summed E-state index contributed by atoms with van der Waals surface area (Å²) in [6, 6.07) is 7.12. The van der Waals surface area contributed by atoms with Gasteiger partial charge in [-0.05, 0) is 57.2 Å². The highest BCUT2D eigenvalue weighted by atomic mass is 16.6. The predicted molar refractivity (Wildman–Crippen MR) is 127 cm³/mol. The van der Waals surface area contributed by atoms with Gasteiger partial charge in [0.25, 0.3) is 0 Å². The van der Waals surface area contributed by atoms with E-state index >= 15 is 0 Å². The van der Waals surface area contributed by atoms with Crippen LogP contribution in [0.15, 0.2) is 30.3 Å². The molecular weight excluding hydrogens is 470 g/mol. The van der Waals surface area contributed by atoms with Crippen LogP contribution in [0, 0.1) is 6.57 Å². The number of aromatic nitrogens is 4. The molecule has 0 aliphatic rings. The number of carbonyl (C=O) groups excluding carboxylic acids is 2. The van der Waals surface area contributed by atoms with Gasteiger partial charge in [-0.2, -0.15) is 0 Å². The lowest BCUT2D eigenvalue weighted by atomic mass is 10.0. The molecule has 1 unspecified atom stereocenters. The first-order valence-electron chi connectivity index (χ1n) is 11.1. The van der Waals surface area contributed by atoms with Gasteiger partial charge in [-0.25, -0.2) is 16.0 Å². The molecule has 0 aliphatic heterocycles. The number of carboxylic acid groups (broad SMARTS) is 1. The first-order chi connectivity index (χ1) is 16.8. The highest BCUT2D eigenvalue weighted by Gasteiger charge is 2.36. The standard InChI is InChI=1S/C23H31N7O6/c1-22(2,3)36-21(34)26-23(4,5)20(33)25-17(12-18(31)32)19-27-28-29-30(19)15(13-24-6)14-35-16-10-8-7-9-11-16/h7-11,15,17H,12-14H2,1-5H3,(H,25,33)(H,26,34)(H,31,32)/t15?,17-/m1/s1. The molecule has 0 spiro atoms. The van der Waals surface area contributed by atoms with Crippen molar-refractivity contribution in [2.45, 2.75) is 64.3 Å². The Morgan fingerprint density at radius 2 is 1.83 bits per heavy atom. The number of alkyl carbamates (subject to hydrolysis) is 1. The molecule has 1 aromatic carbocycles. The highest BCUT2D eigenvalue weighted by Crippen LogP contribution is 2.21. The van der Waals surface area contributed by atoms with E-state index in [-0.39, 0.29) is 19.0 Å². The van der Waals surface area contributed by atoms with Crippen LogP contribution in [-0.2, 0) is 14.3 Å². The van der Waals surface area contributed by atoms with E-state index in [1.165, 1.54) is 18.5 Å². The van der Waals surface area contributed by atoms with E-state index in [4.69, 9.17) is 16.0 Å².